The second-order valence-corrected chi connectivity index (χ2v) is 3.29. The summed E-state index contributed by atoms with van der Waals surface area (Å²) >= 11 is 0. The Hall–Kier alpha value is -2.37. The number of nitro benzene ring substituents is 1. The number of nitrogens with zero attached hydrogens (tertiary/aromatic N) is 1. The summed E-state index contributed by atoms with van der Waals surface area (Å²) < 4.78 is 9.56. The quantitative estimate of drug-likeness (QED) is 0.264. The molecule has 6 nitrogen and oxygen atoms in total. The molecule has 1 aromatic carbocycles. The number of rotatable bonds is 5. The molecule has 0 N–H and O–H groups in total. The van der Waals surface area contributed by atoms with Crippen LogP contribution < -0.4 is 4.74 Å². The van der Waals surface area contributed by atoms with Crippen molar-refractivity contribution in [3.63, 3.8) is 0 Å². The Bertz CT molecular complexity index is 438. The lowest BCUT2D eigenvalue weighted by Gasteiger charge is -2.03. The van der Waals surface area contributed by atoms with Crippen LogP contribution in [0.5, 0.6) is 5.75 Å². The third kappa shape index (κ3) is 4.65. The molecule has 0 fully saturated rings. The van der Waals surface area contributed by atoms with Gasteiger partial charge in [-0.2, -0.15) is 0 Å². The van der Waals surface area contributed by atoms with Crippen LogP contribution in [0, 0.1) is 10.1 Å². The summed E-state index contributed by atoms with van der Waals surface area (Å²) in [5.74, 6) is 0.199. The highest BCUT2D eigenvalue weighted by molar-refractivity contribution is 5.64. The van der Waals surface area contributed by atoms with E-state index in [1.807, 2.05) is 13.0 Å². The van der Waals surface area contributed by atoms with Crippen molar-refractivity contribution in [2.75, 3.05) is 6.61 Å². The number of nitro groups is 1. The SMILES string of the molecule is CC/C=C\COC(=O)Oc1ccc([N+](=O)[O-])cc1. The third-order valence-electron chi connectivity index (χ3n) is 1.95. The molecule has 1 aromatic rings. The monoisotopic (exact) mass is 251 g/mol. The predicted octanol–water partition coefficient (Wildman–Crippen LogP) is 3.08. The van der Waals surface area contributed by atoms with Gasteiger partial charge in [-0.1, -0.05) is 19.1 Å². The van der Waals surface area contributed by atoms with Crippen LogP contribution in [-0.2, 0) is 4.74 Å². The lowest BCUT2D eigenvalue weighted by molar-refractivity contribution is -0.384. The molecule has 18 heavy (non-hydrogen) atoms. The maximum atomic E-state index is 11.2. The minimum absolute atomic E-state index is 0.0680. The summed E-state index contributed by atoms with van der Waals surface area (Å²) in [4.78, 5) is 21.1. The molecule has 6 heteroatoms. The highest BCUT2D eigenvalue weighted by Gasteiger charge is 2.08. The van der Waals surface area contributed by atoms with Crippen LogP contribution in [-0.4, -0.2) is 17.7 Å². The van der Waals surface area contributed by atoms with Gasteiger partial charge in [0.25, 0.3) is 5.69 Å². The molecule has 96 valence electrons. The first-order valence-corrected chi connectivity index (χ1v) is 5.37. The van der Waals surface area contributed by atoms with Crippen molar-refractivity contribution in [2.24, 2.45) is 0 Å². The molecular weight excluding hydrogens is 238 g/mol. The van der Waals surface area contributed by atoms with E-state index in [4.69, 9.17) is 9.47 Å². The minimum Gasteiger partial charge on any atom is -0.430 e. The highest BCUT2D eigenvalue weighted by Crippen LogP contribution is 2.17. The summed E-state index contributed by atoms with van der Waals surface area (Å²) in [5, 5.41) is 10.4. The molecule has 0 atom stereocenters. The topological polar surface area (TPSA) is 78.7 Å². The first kappa shape index (κ1) is 13.7. The molecule has 0 saturated heterocycles. The molecule has 0 aromatic heterocycles. The smallest absolute Gasteiger partial charge is 0.430 e. The van der Waals surface area contributed by atoms with Crippen molar-refractivity contribution < 1.29 is 19.2 Å². The van der Waals surface area contributed by atoms with Gasteiger partial charge >= 0.3 is 6.16 Å². The number of ether oxygens (including phenoxy) is 2. The Kier molecular flexibility index (Phi) is 5.37. The number of allylic oxidation sites excluding steroid dienone is 1. The summed E-state index contributed by atoms with van der Waals surface area (Å²) in [6, 6.07) is 5.17. The number of non-ortho nitro benzene ring substituents is 1. The van der Waals surface area contributed by atoms with Gasteiger partial charge in [0.05, 0.1) is 4.92 Å². The molecule has 1 rings (SSSR count). The first-order valence-electron chi connectivity index (χ1n) is 5.37. The molecular formula is C12H13NO5. The summed E-state index contributed by atoms with van der Waals surface area (Å²) in [5.41, 5.74) is -0.0680. The fourth-order valence-electron chi connectivity index (χ4n) is 1.11. The summed E-state index contributed by atoms with van der Waals surface area (Å²) in [6.07, 6.45) is 3.58. The largest absolute Gasteiger partial charge is 0.514 e. The van der Waals surface area contributed by atoms with Crippen molar-refractivity contribution in [1.82, 2.24) is 0 Å². The molecule has 0 aliphatic carbocycles. The van der Waals surface area contributed by atoms with Crippen LogP contribution in [0.15, 0.2) is 36.4 Å². The van der Waals surface area contributed by atoms with E-state index in [2.05, 4.69) is 0 Å². The molecule has 0 saturated carbocycles. The summed E-state index contributed by atoms with van der Waals surface area (Å²) in [6.45, 7) is 2.10. The van der Waals surface area contributed by atoms with Gasteiger partial charge in [0.15, 0.2) is 0 Å². The normalized spacial score (nSPS) is 10.3. The molecule has 0 radical (unpaired) electrons. The number of hydrogen-bond donors (Lipinski definition) is 0. The van der Waals surface area contributed by atoms with Crippen LogP contribution in [0.3, 0.4) is 0 Å². The van der Waals surface area contributed by atoms with E-state index >= 15 is 0 Å². The fourth-order valence-corrected chi connectivity index (χ4v) is 1.11. The Labute approximate surface area is 104 Å². The maximum Gasteiger partial charge on any atom is 0.514 e. The standard InChI is InChI=1S/C12H13NO5/c1-2-3-4-9-17-12(14)18-11-7-5-10(6-8-11)13(15)16/h3-8H,2,9H2,1H3/b4-3-. The zero-order valence-electron chi connectivity index (χ0n) is 9.87. The van der Waals surface area contributed by atoms with E-state index in [-0.39, 0.29) is 18.0 Å². The van der Waals surface area contributed by atoms with Gasteiger partial charge in [-0.05, 0) is 18.6 Å². The van der Waals surface area contributed by atoms with Crippen molar-refractivity contribution >= 4 is 11.8 Å². The van der Waals surface area contributed by atoms with Crippen LogP contribution in [0.4, 0.5) is 10.5 Å². The van der Waals surface area contributed by atoms with Gasteiger partial charge in [-0.25, -0.2) is 4.79 Å². The van der Waals surface area contributed by atoms with E-state index in [0.29, 0.717) is 0 Å². The van der Waals surface area contributed by atoms with Gasteiger partial charge in [-0.3, -0.25) is 10.1 Å². The van der Waals surface area contributed by atoms with Gasteiger partial charge in [-0.15, -0.1) is 0 Å². The van der Waals surface area contributed by atoms with Crippen molar-refractivity contribution in [3.05, 3.63) is 46.5 Å². The van der Waals surface area contributed by atoms with E-state index in [1.165, 1.54) is 24.3 Å². The molecule has 0 bridgehead atoms. The minimum atomic E-state index is -0.843. The molecule has 0 amide bonds. The first-order chi connectivity index (χ1) is 8.63. The number of carbonyl (C=O) groups excluding carboxylic acids is 1. The van der Waals surface area contributed by atoms with Gasteiger partial charge in [0, 0.05) is 12.1 Å². The number of carbonyl (C=O) groups is 1. The van der Waals surface area contributed by atoms with Gasteiger partial charge in [0.1, 0.15) is 12.4 Å². The zero-order valence-corrected chi connectivity index (χ0v) is 9.87. The molecule has 0 aliphatic heterocycles. The van der Waals surface area contributed by atoms with E-state index in [1.54, 1.807) is 6.08 Å². The van der Waals surface area contributed by atoms with E-state index in [0.717, 1.165) is 6.42 Å². The number of benzene rings is 1. The van der Waals surface area contributed by atoms with Crippen LogP contribution in [0.2, 0.25) is 0 Å². The second-order valence-electron chi connectivity index (χ2n) is 3.29. The Morgan fingerprint density at radius 1 is 1.33 bits per heavy atom. The third-order valence-corrected chi connectivity index (χ3v) is 1.95. The second kappa shape index (κ2) is 7.05. The Balaban J connectivity index is 2.44. The lowest BCUT2D eigenvalue weighted by atomic mass is 10.3. The van der Waals surface area contributed by atoms with Crippen LogP contribution in [0.1, 0.15) is 13.3 Å². The van der Waals surface area contributed by atoms with Gasteiger partial charge < -0.3 is 9.47 Å². The van der Waals surface area contributed by atoms with Crippen LogP contribution >= 0.6 is 0 Å². The Morgan fingerprint density at radius 2 is 2.00 bits per heavy atom. The Morgan fingerprint density at radius 3 is 2.56 bits per heavy atom. The molecule has 0 heterocycles. The zero-order chi connectivity index (χ0) is 13.4. The maximum absolute atomic E-state index is 11.2. The van der Waals surface area contributed by atoms with Gasteiger partial charge in [0.2, 0.25) is 0 Å². The fraction of sp³-hybridized carbons (Fsp3) is 0.250. The lowest BCUT2D eigenvalue weighted by Crippen LogP contribution is -2.10. The van der Waals surface area contributed by atoms with E-state index in [9.17, 15) is 14.9 Å². The average molecular weight is 251 g/mol. The molecule has 0 spiro atoms. The van der Waals surface area contributed by atoms with Crippen molar-refractivity contribution in [2.45, 2.75) is 13.3 Å². The van der Waals surface area contributed by atoms with E-state index < -0.39 is 11.1 Å². The molecule has 0 unspecified atom stereocenters. The average Bonchev–Trinajstić information content (AvgIpc) is 2.35. The highest BCUT2D eigenvalue weighted by atomic mass is 16.7. The van der Waals surface area contributed by atoms with Crippen molar-refractivity contribution in [3.8, 4) is 5.75 Å². The van der Waals surface area contributed by atoms with Crippen LogP contribution in [0.25, 0.3) is 0 Å². The predicted molar refractivity (Wildman–Crippen MR) is 64.5 cm³/mol. The summed E-state index contributed by atoms with van der Waals surface area (Å²) in [7, 11) is 0. The molecule has 0 aliphatic rings. The van der Waals surface area contributed by atoms with Crippen molar-refractivity contribution in [1.29, 1.82) is 0 Å². The number of hydrogen-bond acceptors (Lipinski definition) is 5.